The van der Waals surface area contributed by atoms with Crippen LogP contribution in [0.3, 0.4) is 0 Å². The predicted molar refractivity (Wildman–Crippen MR) is 55.5 cm³/mol. The summed E-state index contributed by atoms with van der Waals surface area (Å²) in [5.74, 6) is -0.718. The minimum atomic E-state index is -0.718. The van der Waals surface area contributed by atoms with E-state index in [1.807, 2.05) is 17.8 Å². The molecule has 0 radical (unpaired) electrons. The van der Waals surface area contributed by atoms with Crippen LogP contribution < -0.4 is 0 Å². The molecule has 0 bridgehead atoms. The van der Waals surface area contributed by atoms with Crippen LogP contribution in [0.5, 0.6) is 0 Å². The molecule has 0 aliphatic rings. The lowest BCUT2D eigenvalue weighted by Crippen LogP contribution is -2.00. The van der Waals surface area contributed by atoms with Crippen molar-refractivity contribution in [3.05, 3.63) is 11.9 Å². The van der Waals surface area contributed by atoms with E-state index in [0.717, 1.165) is 37.9 Å². The van der Waals surface area contributed by atoms with Crippen molar-refractivity contribution in [1.29, 1.82) is 0 Å². The number of carboxylic acid groups (broad SMARTS) is 1. The molecule has 84 valence electrons. The minimum Gasteiger partial charge on any atom is -0.481 e. The number of carboxylic acids is 1. The van der Waals surface area contributed by atoms with E-state index in [9.17, 15) is 4.79 Å². The molecule has 5 nitrogen and oxygen atoms in total. The van der Waals surface area contributed by atoms with Crippen molar-refractivity contribution < 1.29 is 9.90 Å². The van der Waals surface area contributed by atoms with Gasteiger partial charge in [0.2, 0.25) is 0 Å². The molecule has 0 aromatic carbocycles. The second-order valence-corrected chi connectivity index (χ2v) is 3.53. The van der Waals surface area contributed by atoms with Crippen molar-refractivity contribution in [2.24, 2.45) is 0 Å². The summed E-state index contributed by atoms with van der Waals surface area (Å²) in [6.45, 7) is 2.87. The maximum absolute atomic E-state index is 10.2. The highest BCUT2D eigenvalue weighted by Gasteiger charge is 1.99. The number of aryl methyl sites for hydroxylation is 2. The number of aliphatic carboxylic acids is 1. The average Bonchev–Trinajstić information content (AvgIpc) is 2.65. The van der Waals surface area contributed by atoms with Crippen LogP contribution in [0.4, 0.5) is 0 Å². The summed E-state index contributed by atoms with van der Waals surface area (Å²) in [5.41, 5.74) is 1.00. The van der Waals surface area contributed by atoms with Crippen molar-refractivity contribution in [2.75, 3.05) is 0 Å². The highest BCUT2D eigenvalue weighted by atomic mass is 16.4. The van der Waals surface area contributed by atoms with E-state index < -0.39 is 5.97 Å². The zero-order valence-corrected chi connectivity index (χ0v) is 9.02. The van der Waals surface area contributed by atoms with Crippen molar-refractivity contribution in [2.45, 2.75) is 45.6 Å². The van der Waals surface area contributed by atoms with Gasteiger partial charge >= 0.3 is 5.97 Å². The van der Waals surface area contributed by atoms with E-state index in [2.05, 4.69) is 10.3 Å². The Morgan fingerprint density at radius 3 is 2.87 bits per heavy atom. The summed E-state index contributed by atoms with van der Waals surface area (Å²) in [6, 6.07) is 0. The van der Waals surface area contributed by atoms with Crippen LogP contribution in [0.1, 0.15) is 38.3 Å². The number of unbranched alkanes of at least 4 members (excludes halogenated alkanes) is 2. The van der Waals surface area contributed by atoms with Crippen LogP contribution in [0.15, 0.2) is 6.20 Å². The van der Waals surface area contributed by atoms with Gasteiger partial charge in [0.15, 0.2) is 0 Å². The Labute approximate surface area is 89.1 Å². The zero-order chi connectivity index (χ0) is 11.1. The van der Waals surface area contributed by atoms with Gasteiger partial charge in [-0.1, -0.05) is 18.6 Å². The van der Waals surface area contributed by atoms with Gasteiger partial charge in [-0.25, -0.2) is 0 Å². The fourth-order valence-electron chi connectivity index (χ4n) is 1.34. The smallest absolute Gasteiger partial charge is 0.303 e. The first-order chi connectivity index (χ1) is 7.22. The molecule has 1 N–H and O–H groups in total. The predicted octanol–water partition coefficient (Wildman–Crippen LogP) is 1.49. The van der Waals surface area contributed by atoms with Gasteiger partial charge in [-0.15, -0.1) is 5.10 Å². The van der Waals surface area contributed by atoms with Gasteiger partial charge < -0.3 is 5.11 Å². The average molecular weight is 211 g/mol. The molecule has 1 heterocycles. The molecule has 0 atom stereocenters. The molecule has 0 fully saturated rings. The van der Waals surface area contributed by atoms with E-state index in [0.29, 0.717) is 0 Å². The summed E-state index contributed by atoms with van der Waals surface area (Å²) in [5, 5.41) is 16.4. The van der Waals surface area contributed by atoms with Gasteiger partial charge in [0, 0.05) is 19.2 Å². The lowest BCUT2D eigenvalue weighted by molar-refractivity contribution is -0.137. The van der Waals surface area contributed by atoms with Gasteiger partial charge in [0.1, 0.15) is 0 Å². The molecular weight excluding hydrogens is 194 g/mol. The molecule has 0 saturated heterocycles. The molecule has 5 heteroatoms. The number of carbonyl (C=O) groups is 1. The van der Waals surface area contributed by atoms with Gasteiger partial charge in [-0.3, -0.25) is 9.48 Å². The Morgan fingerprint density at radius 1 is 1.47 bits per heavy atom. The van der Waals surface area contributed by atoms with Crippen molar-refractivity contribution in [3.63, 3.8) is 0 Å². The monoisotopic (exact) mass is 211 g/mol. The maximum atomic E-state index is 10.2. The second kappa shape index (κ2) is 6.16. The maximum Gasteiger partial charge on any atom is 0.303 e. The quantitative estimate of drug-likeness (QED) is 0.694. The SMILES string of the molecule is CCc1cn(CCCCCC(=O)O)nn1. The van der Waals surface area contributed by atoms with E-state index in [4.69, 9.17) is 5.11 Å². The first-order valence-corrected chi connectivity index (χ1v) is 5.33. The summed E-state index contributed by atoms with van der Waals surface area (Å²) in [7, 11) is 0. The first kappa shape index (κ1) is 11.7. The Bertz CT molecular complexity index is 309. The molecule has 1 aromatic rings. The third-order valence-corrected chi connectivity index (χ3v) is 2.23. The summed E-state index contributed by atoms with van der Waals surface area (Å²) >= 11 is 0. The molecule has 0 saturated carbocycles. The van der Waals surface area contributed by atoms with E-state index >= 15 is 0 Å². The molecule has 0 amide bonds. The molecule has 15 heavy (non-hydrogen) atoms. The van der Waals surface area contributed by atoms with Crippen LogP contribution in [-0.2, 0) is 17.8 Å². The van der Waals surface area contributed by atoms with Crippen molar-refractivity contribution in [1.82, 2.24) is 15.0 Å². The molecule has 0 aliphatic carbocycles. The number of aromatic nitrogens is 3. The van der Waals surface area contributed by atoms with E-state index in [-0.39, 0.29) is 6.42 Å². The lowest BCUT2D eigenvalue weighted by Gasteiger charge is -1.99. The van der Waals surface area contributed by atoms with Crippen LogP contribution in [0.25, 0.3) is 0 Å². The summed E-state index contributed by atoms with van der Waals surface area (Å²) in [4.78, 5) is 10.2. The number of nitrogens with zero attached hydrogens (tertiary/aromatic N) is 3. The summed E-state index contributed by atoms with van der Waals surface area (Å²) < 4.78 is 1.82. The number of hydrogen-bond donors (Lipinski definition) is 1. The molecule has 0 aliphatic heterocycles. The Morgan fingerprint density at radius 2 is 2.27 bits per heavy atom. The zero-order valence-electron chi connectivity index (χ0n) is 9.02. The fraction of sp³-hybridized carbons (Fsp3) is 0.700. The highest BCUT2D eigenvalue weighted by molar-refractivity contribution is 5.66. The third-order valence-electron chi connectivity index (χ3n) is 2.23. The normalized spacial score (nSPS) is 10.5. The fourth-order valence-corrected chi connectivity index (χ4v) is 1.34. The lowest BCUT2D eigenvalue weighted by atomic mass is 10.2. The van der Waals surface area contributed by atoms with Crippen LogP contribution in [0.2, 0.25) is 0 Å². The highest BCUT2D eigenvalue weighted by Crippen LogP contribution is 2.02. The van der Waals surface area contributed by atoms with Crippen molar-refractivity contribution >= 4 is 5.97 Å². The van der Waals surface area contributed by atoms with Gasteiger partial charge in [0.05, 0.1) is 5.69 Å². The Balaban J connectivity index is 2.12. The standard InChI is InChI=1S/C10H17N3O2/c1-2-9-8-13(12-11-9)7-5-3-4-6-10(14)15/h8H,2-7H2,1H3,(H,14,15). The van der Waals surface area contributed by atoms with Crippen LogP contribution in [0, 0.1) is 0 Å². The number of rotatable bonds is 7. The molecule has 1 rings (SSSR count). The minimum absolute atomic E-state index is 0.261. The van der Waals surface area contributed by atoms with E-state index in [1.165, 1.54) is 0 Å². The Hall–Kier alpha value is -1.39. The van der Waals surface area contributed by atoms with Gasteiger partial charge in [-0.05, 0) is 19.3 Å². The third kappa shape index (κ3) is 4.58. The molecule has 1 aromatic heterocycles. The van der Waals surface area contributed by atoms with Crippen LogP contribution >= 0.6 is 0 Å². The summed E-state index contributed by atoms with van der Waals surface area (Å²) in [6.07, 6.45) is 5.73. The first-order valence-electron chi connectivity index (χ1n) is 5.33. The Kier molecular flexibility index (Phi) is 4.80. The number of hydrogen-bond acceptors (Lipinski definition) is 3. The molecule has 0 spiro atoms. The van der Waals surface area contributed by atoms with Crippen molar-refractivity contribution in [3.8, 4) is 0 Å². The largest absolute Gasteiger partial charge is 0.481 e. The second-order valence-electron chi connectivity index (χ2n) is 3.53. The van der Waals surface area contributed by atoms with Gasteiger partial charge in [0.25, 0.3) is 0 Å². The molecular formula is C10H17N3O2. The molecule has 0 unspecified atom stereocenters. The van der Waals surface area contributed by atoms with Gasteiger partial charge in [-0.2, -0.15) is 0 Å². The topological polar surface area (TPSA) is 68.0 Å². The van der Waals surface area contributed by atoms with E-state index in [1.54, 1.807) is 0 Å². The van der Waals surface area contributed by atoms with Crippen LogP contribution in [-0.4, -0.2) is 26.1 Å².